The first kappa shape index (κ1) is 27.5. The molecule has 0 aliphatic carbocycles. The van der Waals surface area contributed by atoms with E-state index in [9.17, 15) is 10.5 Å². The molecule has 6 heteroatoms. The highest BCUT2D eigenvalue weighted by atomic mass is 32.1. The fraction of sp³-hybridized carbons (Fsp3) is 0. The normalized spacial score (nSPS) is 12.0. The van der Waals surface area contributed by atoms with E-state index in [4.69, 9.17) is 0 Å². The van der Waals surface area contributed by atoms with Gasteiger partial charge in [-0.15, -0.1) is 22.7 Å². The van der Waals surface area contributed by atoms with Crippen molar-refractivity contribution in [2.75, 3.05) is 0 Å². The molecule has 7 aromatic carbocycles. The van der Waals surface area contributed by atoms with Crippen LogP contribution < -0.4 is 0 Å². The maximum Gasteiger partial charge on any atom is 0.101 e. The van der Waals surface area contributed by atoms with Crippen LogP contribution in [0, 0.1) is 22.7 Å². The quantitative estimate of drug-likeness (QED) is 0.184. The van der Waals surface area contributed by atoms with E-state index in [1.54, 1.807) is 28.7 Å². The second-order valence-corrected chi connectivity index (χ2v) is 14.9. The molecule has 4 nitrogen and oxygen atoms in total. The molecule has 0 unspecified atom stereocenters. The lowest BCUT2D eigenvalue weighted by Gasteiger charge is -2.16. The van der Waals surface area contributed by atoms with Crippen LogP contribution >= 0.6 is 22.7 Å². The van der Waals surface area contributed by atoms with Crippen LogP contribution in [0.4, 0.5) is 0 Å². The third kappa shape index (κ3) is 3.61. The molecule has 0 amide bonds. The first-order valence-corrected chi connectivity index (χ1v) is 18.0. The Hall–Kier alpha value is -6.44. The van der Waals surface area contributed by atoms with Gasteiger partial charge in [0.05, 0.1) is 44.6 Å². The summed E-state index contributed by atoms with van der Waals surface area (Å²) in [5, 5.41) is 30.7. The molecule has 0 saturated heterocycles. The molecule has 0 spiro atoms. The topological polar surface area (TPSA) is 57.4 Å². The molecule has 0 aliphatic rings. The van der Waals surface area contributed by atoms with Crippen LogP contribution in [0.25, 0.3) is 95.3 Å². The molecule has 11 aromatic rings. The molecule has 230 valence electrons. The third-order valence-corrected chi connectivity index (χ3v) is 12.4. The van der Waals surface area contributed by atoms with Crippen molar-refractivity contribution in [3.05, 3.63) is 145 Å². The number of rotatable bonds is 2. The molecule has 0 saturated carbocycles. The Morgan fingerprint density at radius 1 is 0.360 bits per heavy atom. The zero-order chi connectivity index (χ0) is 33.1. The highest BCUT2D eigenvalue weighted by Crippen LogP contribution is 2.44. The first-order chi connectivity index (χ1) is 24.7. The van der Waals surface area contributed by atoms with E-state index in [-0.39, 0.29) is 0 Å². The van der Waals surface area contributed by atoms with Gasteiger partial charge in [-0.1, -0.05) is 72.8 Å². The predicted molar refractivity (Wildman–Crippen MR) is 210 cm³/mol. The number of hydrogen-bond donors (Lipinski definition) is 0. The van der Waals surface area contributed by atoms with Crippen molar-refractivity contribution in [2.45, 2.75) is 0 Å². The Kier molecular flexibility index (Phi) is 5.52. The van der Waals surface area contributed by atoms with Crippen LogP contribution in [0.1, 0.15) is 11.1 Å². The lowest BCUT2D eigenvalue weighted by molar-refractivity contribution is 1.12. The maximum atomic E-state index is 10.6. The van der Waals surface area contributed by atoms with E-state index in [0.717, 1.165) is 55.0 Å². The summed E-state index contributed by atoms with van der Waals surface area (Å²) in [6, 6.07) is 51.8. The second kappa shape index (κ2) is 10.0. The fourth-order valence-corrected chi connectivity index (χ4v) is 10.3. The van der Waals surface area contributed by atoms with Gasteiger partial charge in [0.25, 0.3) is 0 Å². The van der Waals surface area contributed by atoms with E-state index in [2.05, 4.69) is 149 Å². The lowest BCUT2D eigenvalue weighted by atomic mass is 10.1. The molecule has 0 N–H and O–H groups in total. The van der Waals surface area contributed by atoms with Crippen LogP contribution in [0.3, 0.4) is 0 Å². The summed E-state index contributed by atoms with van der Waals surface area (Å²) in [5.74, 6) is 0. The minimum absolute atomic E-state index is 0.456. The van der Waals surface area contributed by atoms with Crippen LogP contribution in [0.15, 0.2) is 133 Å². The molecule has 0 bridgehead atoms. The van der Waals surface area contributed by atoms with Gasteiger partial charge in [0.1, 0.15) is 12.1 Å². The van der Waals surface area contributed by atoms with Gasteiger partial charge in [-0.25, -0.2) is 0 Å². The number of nitrogens with zero attached hydrogens (tertiary/aromatic N) is 4. The van der Waals surface area contributed by atoms with Crippen LogP contribution in [-0.2, 0) is 0 Å². The number of nitriles is 2. The van der Waals surface area contributed by atoms with Gasteiger partial charge in [0, 0.05) is 61.9 Å². The summed E-state index contributed by atoms with van der Waals surface area (Å²) in [6.07, 6.45) is 0. The van der Waals surface area contributed by atoms with Gasteiger partial charge < -0.3 is 9.13 Å². The largest absolute Gasteiger partial charge is 0.308 e. The third-order valence-electron chi connectivity index (χ3n) is 10.2. The molecule has 0 radical (unpaired) electrons. The van der Waals surface area contributed by atoms with E-state index in [1.165, 1.54) is 40.3 Å². The molecule has 0 aliphatic heterocycles. The Morgan fingerprint density at radius 3 is 1.24 bits per heavy atom. The van der Waals surface area contributed by atoms with Gasteiger partial charge in [-0.3, -0.25) is 0 Å². The number of thiophene rings is 2. The van der Waals surface area contributed by atoms with E-state index in [1.807, 2.05) is 0 Å². The Bertz CT molecular complexity index is 3130. The zero-order valence-electron chi connectivity index (χ0n) is 26.3. The van der Waals surface area contributed by atoms with Crippen LogP contribution in [0.5, 0.6) is 0 Å². The average molecular weight is 671 g/mol. The monoisotopic (exact) mass is 670 g/mol. The number of hydrogen-bond acceptors (Lipinski definition) is 4. The SMILES string of the molecule is N#Cc1cc(C#N)c(-n2c3ccccc3c3cc4c(cc32)sc2ccccc24)cc1-n1c2ccccc2c2cc3c(cc21)sc1ccccc13. The number of fused-ring (bicyclic) bond motifs is 12. The van der Waals surface area contributed by atoms with Gasteiger partial charge in [-0.2, -0.15) is 10.5 Å². The summed E-state index contributed by atoms with van der Waals surface area (Å²) in [7, 11) is 0. The van der Waals surface area contributed by atoms with Gasteiger partial charge in [-0.05, 0) is 60.7 Å². The number of para-hydroxylation sites is 2. The molecule has 11 rings (SSSR count). The van der Waals surface area contributed by atoms with Crippen molar-refractivity contribution < 1.29 is 0 Å². The van der Waals surface area contributed by atoms with Crippen molar-refractivity contribution in [3.8, 4) is 23.5 Å². The highest BCUT2D eigenvalue weighted by molar-refractivity contribution is 7.26. The van der Waals surface area contributed by atoms with Crippen molar-refractivity contribution in [2.24, 2.45) is 0 Å². The maximum absolute atomic E-state index is 10.6. The number of benzene rings is 7. The van der Waals surface area contributed by atoms with Crippen molar-refractivity contribution in [1.82, 2.24) is 9.13 Å². The lowest BCUT2D eigenvalue weighted by Crippen LogP contribution is -2.04. The molecular weight excluding hydrogens is 649 g/mol. The average Bonchev–Trinajstić information content (AvgIpc) is 3.89. The Morgan fingerprint density at radius 2 is 0.780 bits per heavy atom. The van der Waals surface area contributed by atoms with Gasteiger partial charge in [0.15, 0.2) is 0 Å². The Balaban J connectivity index is 1.27. The van der Waals surface area contributed by atoms with Crippen molar-refractivity contribution in [3.63, 3.8) is 0 Å². The molecular formula is C44H22N4S2. The number of aromatic nitrogens is 2. The van der Waals surface area contributed by atoms with Crippen molar-refractivity contribution >= 4 is 107 Å². The molecule has 0 fully saturated rings. The second-order valence-electron chi connectivity index (χ2n) is 12.7. The predicted octanol–water partition coefficient (Wildman–Crippen LogP) is 12.4. The standard InChI is InChI=1S/C44H22N4S2/c45-23-25-17-26(24-46)38(48-36-14-6-2-10-28(36)32-19-34-30-12-4-8-16-42(30)50-44(34)22-40(32)48)20-37(25)47-35-13-5-1-9-27(35)31-18-33-29-11-3-7-15-41(29)49-43(33)21-39(31)47/h1-22H. The molecule has 4 heterocycles. The van der Waals surface area contributed by atoms with E-state index < -0.39 is 0 Å². The summed E-state index contributed by atoms with van der Waals surface area (Å²) < 4.78 is 9.34. The smallest absolute Gasteiger partial charge is 0.101 e. The van der Waals surface area contributed by atoms with Crippen molar-refractivity contribution in [1.29, 1.82) is 10.5 Å². The molecule has 0 atom stereocenters. The van der Waals surface area contributed by atoms with Gasteiger partial charge in [0.2, 0.25) is 0 Å². The fourth-order valence-electron chi connectivity index (χ4n) is 8.02. The highest BCUT2D eigenvalue weighted by Gasteiger charge is 2.22. The van der Waals surface area contributed by atoms with E-state index in [0.29, 0.717) is 11.1 Å². The minimum Gasteiger partial charge on any atom is -0.308 e. The van der Waals surface area contributed by atoms with E-state index >= 15 is 0 Å². The van der Waals surface area contributed by atoms with Crippen LogP contribution in [-0.4, -0.2) is 9.13 Å². The first-order valence-electron chi connectivity index (χ1n) is 16.4. The summed E-state index contributed by atoms with van der Waals surface area (Å²) in [5.41, 5.74) is 6.52. The Labute approximate surface area is 293 Å². The molecule has 50 heavy (non-hydrogen) atoms. The van der Waals surface area contributed by atoms with Crippen LogP contribution in [0.2, 0.25) is 0 Å². The summed E-state index contributed by atoms with van der Waals surface area (Å²) in [6.45, 7) is 0. The van der Waals surface area contributed by atoms with Gasteiger partial charge >= 0.3 is 0 Å². The summed E-state index contributed by atoms with van der Waals surface area (Å²) in [4.78, 5) is 0. The minimum atomic E-state index is 0.456. The summed E-state index contributed by atoms with van der Waals surface area (Å²) >= 11 is 3.58. The zero-order valence-corrected chi connectivity index (χ0v) is 27.9. The molecule has 4 aromatic heterocycles.